The van der Waals surface area contributed by atoms with E-state index < -0.39 is 0 Å². The monoisotopic (exact) mass is 287 g/mol. The minimum absolute atomic E-state index is 0.424. The van der Waals surface area contributed by atoms with Gasteiger partial charge in [-0.3, -0.25) is 4.57 Å². The molecule has 0 radical (unpaired) electrons. The summed E-state index contributed by atoms with van der Waals surface area (Å²) in [5, 5.41) is 0.701. The number of ether oxygens (including phenoxy) is 1. The van der Waals surface area contributed by atoms with Crippen molar-refractivity contribution in [1.29, 1.82) is 0 Å². The molecule has 3 rings (SSSR count). The summed E-state index contributed by atoms with van der Waals surface area (Å²) in [6.07, 6.45) is 0. The van der Waals surface area contributed by atoms with Gasteiger partial charge >= 0.3 is 0 Å². The van der Waals surface area contributed by atoms with E-state index in [2.05, 4.69) is 4.98 Å². The first-order valence-electron chi connectivity index (χ1n) is 6.18. The number of benzene rings is 2. The summed E-state index contributed by atoms with van der Waals surface area (Å²) in [6.45, 7) is 1.96. The minimum atomic E-state index is 0.424. The van der Waals surface area contributed by atoms with E-state index in [4.69, 9.17) is 22.1 Å². The van der Waals surface area contributed by atoms with Gasteiger partial charge in [-0.05, 0) is 36.8 Å². The Hall–Kier alpha value is -2.20. The molecular weight excluding hydrogens is 274 g/mol. The summed E-state index contributed by atoms with van der Waals surface area (Å²) in [4.78, 5) is 4.36. The average molecular weight is 288 g/mol. The molecule has 0 saturated carbocycles. The quantitative estimate of drug-likeness (QED) is 0.784. The molecule has 2 N–H and O–H groups in total. The average Bonchev–Trinajstić information content (AvgIpc) is 2.77. The van der Waals surface area contributed by atoms with Crippen molar-refractivity contribution in [3.63, 3.8) is 0 Å². The van der Waals surface area contributed by atoms with Crippen LogP contribution in [-0.4, -0.2) is 16.7 Å². The molecule has 0 spiro atoms. The summed E-state index contributed by atoms with van der Waals surface area (Å²) in [6, 6.07) is 11.5. The normalized spacial score (nSPS) is 10.9. The lowest BCUT2D eigenvalue weighted by Gasteiger charge is -2.09. The van der Waals surface area contributed by atoms with Crippen LogP contribution in [0.3, 0.4) is 0 Å². The van der Waals surface area contributed by atoms with Gasteiger partial charge in [-0.1, -0.05) is 17.7 Å². The third-order valence-electron chi connectivity index (χ3n) is 3.30. The van der Waals surface area contributed by atoms with Gasteiger partial charge in [-0.2, -0.15) is 0 Å². The number of imidazole rings is 1. The molecular formula is C15H14ClN3O. The topological polar surface area (TPSA) is 53.1 Å². The fourth-order valence-electron chi connectivity index (χ4n) is 2.19. The largest absolute Gasteiger partial charge is 0.497 e. The minimum Gasteiger partial charge on any atom is -0.497 e. The Balaban J connectivity index is 2.28. The van der Waals surface area contributed by atoms with E-state index >= 15 is 0 Å². The molecule has 0 unspecified atom stereocenters. The second-order valence-corrected chi connectivity index (χ2v) is 5.00. The molecule has 0 saturated heterocycles. The number of hydrogen-bond acceptors (Lipinski definition) is 3. The van der Waals surface area contributed by atoms with E-state index in [1.807, 2.05) is 47.9 Å². The SMILES string of the molecule is COc1ccc2nc(N)n(-c3ccc(C)c(Cl)c3)c2c1. The maximum Gasteiger partial charge on any atom is 0.205 e. The molecule has 0 amide bonds. The first-order valence-corrected chi connectivity index (χ1v) is 6.56. The van der Waals surface area contributed by atoms with Crippen LogP contribution in [0.1, 0.15) is 5.56 Å². The number of aryl methyl sites for hydroxylation is 1. The predicted molar refractivity (Wildman–Crippen MR) is 81.8 cm³/mol. The summed E-state index contributed by atoms with van der Waals surface area (Å²) in [5.74, 6) is 1.19. The Morgan fingerprint density at radius 1 is 1.20 bits per heavy atom. The van der Waals surface area contributed by atoms with Crippen molar-refractivity contribution in [2.75, 3.05) is 12.8 Å². The highest BCUT2D eigenvalue weighted by molar-refractivity contribution is 6.31. The van der Waals surface area contributed by atoms with Gasteiger partial charge in [-0.25, -0.2) is 4.98 Å². The predicted octanol–water partition coefficient (Wildman–Crippen LogP) is 3.58. The number of anilines is 1. The number of aromatic nitrogens is 2. The number of hydrogen-bond donors (Lipinski definition) is 1. The van der Waals surface area contributed by atoms with Gasteiger partial charge in [0.05, 0.1) is 23.8 Å². The van der Waals surface area contributed by atoms with E-state index in [9.17, 15) is 0 Å². The van der Waals surface area contributed by atoms with Crippen LogP contribution in [0, 0.1) is 6.92 Å². The Bertz CT molecular complexity index is 795. The Labute approximate surface area is 121 Å². The smallest absolute Gasteiger partial charge is 0.205 e. The molecule has 3 aromatic rings. The lowest BCUT2D eigenvalue weighted by molar-refractivity contribution is 0.415. The molecule has 1 heterocycles. The van der Waals surface area contributed by atoms with Crippen LogP contribution in [0.2, 0.25) is 5.02 Å². The maximum atomic E-state index is 6.19. The molecule has 1 aromatic heterocycles. The van der Waals surface area contributed by atoms with Crippen LogP contribution in [0.15, 0.2) is 36.4 Å². The van der Waals surface area contributed by atoms with Crippen LogP contribution in [-0.2, 0) is 0 Å². The summed E-state index contributed by atoms with van der Waals surface area (Å²) in [7, 11) is 1.63. The van der Waals surface area contributed by atoms with Crippen molar-refractivity contribution in [3.05, 3.63) is 47.0 Å². The van der Waals surface area contributed by atoms with Gasteiger partial charge in [0.15, 0.2) is 0 Å². The first kappa shape index (κ1) is 12.8. The lowest BCUT2D eigenvalue weighted by atomic mass is 10.2. The number of nitrogens with zero attached hydrogens (tertiary/aromatic N) is 2. The Morgan fingerprint density at radius 2 is 2.00 bits per heavy atom. The van der Waals surface area contributed by atoms with E-state index in [1.54, 1.807) is 7.11 Å². The number of rotatable bonds is 2. The highest BCUT2D eigenvalue weighted by atomic mass is 35.5. The van der Waals surface area contributed by atoms with Crippen molar-refractivity contribution in [2.45, 2.75) is 6.92 Å². The van der Waals surface area contributed by atoms with E-state index in [0.29, 0.717) is 11.0 Å². The van der Waals surface area contributed by atoms with Crippen molar-refractivity contribution in [1.82, 2.24) is 9.55 Å². The number of fused-ring (bicyclic) bond motifs is 1. The zero-order valence-electron chi connectivity index (χ0n) is 11.2. The van der Waals surface area contributed by atoms with Crippen molar-refractivity contribution in [2.24, 2.45) is 0 Å². The maximum absolute atomic E-state index is 6.19. The fraction of sp³-hybridized carbons (Fsp3) is 0.133. The van der Waals surface area contributed by atoms with E-state index in [-0.39, 0.29) is 0 Å². The zero-order valence-corrected chi connectivity index (χ0v) is 12.0. The van der Waals surface area contributed by atoms with E-state index in [0.717, 1.165) is 28.0 Å². The highest BCUT2D eigenvalue weighted by Crippen LogP contribution is 2.28. The molecule has 2 aromatic carbocycles. The molecule has 0 aliphatic carbocycles. The number of nitrogen functional groups attached to an aromatic ring is 1. The van der Waals surface area contributed by atoms with Crippen LogP contribution in [0.4, 0.5) is 5.95 Å². The van der Waals surface area contributed by atoms with Gasteiger partial charge in [0.25, 0.3) is 0 Å². The van der Waals surface area contributed by atoms with Gasteiger partial charge in [-0.15, -0.1) is 0 Å². The molecule has 0 aliphatic rings. The van der Waals surface area contributed by atoms with Gasteiger partial charge in [0.2, 0.25) is 5.95 Å². The van der Waals surface area contributed by atoms with Crippen molar-refractivity contribution < 1.29 is 4.74 Å². The Kier molecular flexibility index (Phi) is 3.03. The molecule has 0 bridgehead atoms. The molecule has 5 heteroatoms. The second kappa shape index (κ2) is 4.72. The van der Waals surface area contributed by atoms with Crippen molar-refractivity contribution >= 4 is 28.6 Å². The summed E-state index contributed by atoms with van der Waals surface area (Å²) >= 11 is 6.19. The van der Waals surface area contributed by atoms with Gasteiger partial charge in [0.1, 0.15) is 5.75 Å². The van der Waals surface area contributed by atoms with Gasteiger partial charge in [0, 0.05) is 11.1 Å². The second-order valence-electron chi connectivity index (χ2n) is 4.59. The highest BCUT2D eigenvalue weighted by Gasteiger charge is 2.11. The van der Waals surface area contributed by atoms with Crippen LogP contribution in [0.5, 0.6) is 5.75 Å². The van der Waals surface area contributed by atoms with E-state index in [1.165, 1.54) is 0 Å². The number of methoxy groups -OCH3 is 1. The standard InChI is InChI=1S/C15H14ClN3O/c1-9-3-4-10(7-12(9)16)19-14-8-11(20-2)5-6-13(14)18-15(19)17/h3-8H,1-2H3,(H2,17,18). The number of halogens is 1. The molecule has 102 valence electrons. The third-order valence-corrected chi connectivity index (χ3v) is 3.71. The van der Waals surface area contributed by atoms with Crippen LogP contribution < -0.4 is 10.5 Å². The number of nitrogens with two attached hydrogens (primary N) is 1. The fourth-order valence-corrected chi connectivity index (χ4v) is 2.37. The first-order chi connectivity index (χ1) is 9.60. The molecule has 4 nitrogen and oxygen atoms in total. The van der Waals surface area contributed by atoms with Crippen molar-refractivity contribution in [3.8, 4) is 11.4 Å². The summed E-state index contributed by atoms with van der Waals surface area (Å²) < 4.78 is 7.12. The molecule has 0 atom stereocenters. The molecule has 20 heavy (non-hydrogen) atoms. The molecule has 0 fully saturated rings. The lowest BCUT2D eigenvalue weighted by Crippen LogP contribution is -2.00. The Morgan fingerprint density at radius 3 is 2.70 bits per heavy atom. The molecule has 0 aliphatic heterocycles. The zero-order chi connectivity index (χ0) is 14.3. The third kappa shape index (κ3) is 1.98. The van der Waals surface area contributed by atoms with Gasteiger partial charge < -0.3 is 10.5 Å². The van der Waals surface area contributed by atoms with Crippen LogP contribution >= 0.6 is 11.6 Å². The summed E-state index contributed by atoms with van der Waals surface area (Å²) in [5.41, 5.74) is 9.65. The van der Waals surface area contributed by atoms with Crippen LogP contribution in [0.25, 0.3) is 16.7 Å².